The number of aliphatic hydroxyl groups excluding tert-OH is 1. The Hall–Kier alpha value is -4.87. The number of aliphatic hydroxyl groups is 1. The summed E-state index contributed by atoms with van der Waals surface area (Å²) in [4.78, 5) is 107. The van der Waals surface area contributed by atoms with Gasteiger partial charge in [-0.1, -0.05) is 6.92 Å². The smallest absolute Gasteiger partial charge is 0.351 e. The van der Waals surface area contributed by atoms with Crippen molar-refractivity contribution in [2.24, 2.45) is 0 Å². The number of nitrogen functional groups attached to an aromatic ring is 4. The lowest BCUT2D eigenvalue weighted by atomic mass is 9.94. The normalized spacial score (nSPS) is 36.6. The maximum Gasteiger partial charge on any atom is 0.351 e. The molecule has 0 spiro atoms. The molecular weight excluding hydrogens is 1300 g/mol. The van der Waals surface area contributed by atoms with E-state index in [4.69, 9.17) is 119 Å². The Kier molecular flexibility index (Phi) is 15.9. The third-order valence-corrected chi connectivity index (χ3v) is 22.0. The van der Waals surface area contributed by atoms with Crippen molar-refractivity contribution in [3.8, 4) is 0 Å². The summed E-state index contributed by atoms with van der Waals surface area (Å²) >= 11 is 17.2. The monoisotopic (exact) mass is 1360 g/mol. The number of aryl methyl sites for hydroxylation is 2. The Morgan fingerprint density at radius 2 is 1.11 bits per heavy atom. The Bertz CT molecular complexity index is 4170. The minimum absolute atomic E-state index is 0.000132. The van der Waals surface area contributed by atoms with Gasteiger partial charge in [0, 0.05) is 29.9 Å². The van der Waals surface area contributed by atoms with Crippen molar-refractivity contribution in [1.29, 1.82) is 0 Å². The van der Waals surface area contributed by atoms with E-state index in [1.165, 1.54) is 45.1 Å². The second kappa shape index (κ2) is 22.4. The lowest BCUT2D eigenvalue weighted by Gasteiger charge is -2.39. The van der Waals surface area contributed by atoms with Crippen LogP contribution in [0.1, 0.15) is 76.6 Å². The van der Waals surface area contributed by atoms with Gasteiger partial charge in [0.05, 0.1) is 63.0 Å². The largest absolute Gasteiger partial charge is 0.387 e. The van der Waals surface area contributed by atoms with Crippen LogP contribution >= 0.6 is 20.2 Å². The molecule has 6 bridgehead atoms. The quantitative estimate of drug-likeness (QED) is 0.0435. The molecule has 13 N–H and O–H groups in total. The molecule has 13 heterocycles. The van der Waals surface area contributed by atoms with Gasteiger partial charge in [0.2, 0.25) is 5.95 Å². The highest BCUT2D eigenvalue weighted by Gasteiger charge is 2.72. The van der Waals surface area contributed by atoms with E-state index in [9.17, 15) is 34.2 Å². The summed E-state index contributed by atoms with van der Waals surface area (Å²) in [5.74, 6) is -0.136. The fourth-order valence-electron chi connectivity index (χ4n) is 12.7. The molecule has 7 unspecified atom stereocenters. The second-order valence-electron chi connectivity index (χ2n) is 22.6. The van der Waals surface area contributed by atoms with Crippen LogP contribution in [0.25, 0.3) is 22.3 Å². The predicted octanol–water partition coefficient (Wildman–Crippen LogP) is -0.502. The Morgan fingerprint density at radius 3 is 1.70 bits per heavy atom. The van der Waals surface area contributed by atoms with E-state index in [1.54, 1.807) is 34.6 Å². The van der Waals surface area contributed by atoms with Gasteiger partial charge in [-0.3, -0.25) is 37.1 Å². The van der Waals surface area contributed by atoms with Gasteiger partial charge in [0.1, 0.15) is 83.1 Å². The van der Waals surface area contributed by atoms with Gasteiger partial charge in [-0.05, 0) is 76.5 Å². The zero-order valence-electron chi connectivity index (χ0n) is 47.7. The van der Waals surface area contributed by atoms with Gasteiger partial charge in [0.15, 0.2) is 41.3 Å². The van der Waals surface area contributed by atoms with Gasteiger partial charge in [0.25, 0.3) is 5.56 Å². The minimum atomic E-state index is -4.68. The van der Waals surface area contributed by atoms with Gasteiger partial charge < -0.3 is 94.0 Å². The number of anilines is 4. The number of rotatable bonds is 20. The van der Waals surface area contributed by atoms with Crippen LogP contribution in [0.3, 0.4) is 0 Å². The molecular formula is C47H61N16O20P3S3. The first kappa shape index (κ1) is 62.9. The molecule has 0 saturated carbocycles. The van der Waals surface area contributed by atoms with E-state index >= 15 is 0 Å². The van der Waals surface area contributed by atoms with Crippen LogP contribution < -0.4 is 39.9 Å². The van der Waals surface area contributed by atoms with Crippen molar-refractivity contribution in [2.45, 2.75) is 163 Å². The maximum atomic E-state index is 13.1. The highest BCUT2D eigenvalue weighted by atomic mass is 32.5. The van der Waals surface area contributed by atoms with Crippen molar-refractivity contribution >= 4 is 101 Å². The maximum absolute atomic E-state index is 13.1. The van der Waals surface area contributed by atoms with Crippen molar-refractivity contribution < 1.29 is 80.1 Å². The number of imidazole rings is 2. The van der Waals surface area contributed by atoms with Gasteiger partial charge >= 0.3 is 31.5 Å². The highest BCUT2D eigenvalue weighted by Crippen LogP contribution is 2.63. The molecule has 21 atom stereocenters. The zero-order chi connectivity index (χ0) is 63.4. The van der Waals surface area contributed by atoms with Crippen molar-refractivity contribution in [3.63, 3.8) is 0 Å². The molecule has 482 valence electrons. The van der Waals surface area contributed by atoms with E-state index in [1.807, 2.05) is 6.92 Å². The lowest BCUT2D eigenvalue weighted by molar-refractivity contribution is -0.218. The molecule has 7 aliphatic heterocycles. The summed E-state index contributed by atoms with van der Waals surface area (Å²) in [6.45, 7) is -5.60. The first-order valence-corrected chi connectivity index (χ1v) is 35.4. The second-order valence-corrected chi connectivity index (χ2v) is 31.0. The minimum Gasteiger partial charge on any atom is -0.387 e. The molecule has 7 saturated heterocycles. The van der Waals surface area contributed by atoms with Gasteiger partial charge in [-0.2, -0.15) is 15.0 Å². The number of hydrogen-bond acceptors (Lipinski definition) is 31. The third-order valence-electron chi connectivity index (χ3n) is 17.4. The fourth-order valence-corrected chi connectivity index (χ4v) is 17.0. The first-order valence-electron chi connectivity index (χ1n) is 27.6. The number of aromatic amines is 1. The summed E-state index contributed by atoms with van der Waals surface area (Å²) in [6, 6.07) is 0. The first-order chi connectivity index (χ1) is 42.0. The van der Waals surface area contributed by atoms with E-state index in [2.05, 4.69) is 39.9 Å². The summed E-state index contributed by atoms with van der Waals surface area (Å²) in [5.41, 5.74) is 17.6. The molecule has 89 heavy (non-hydrogen) atoms. The average Bonchev–Trinajstić information content (AvgIpc) is 1.57. The molecule has 7 aliphatic rings. The average molecular weight is 1360 g/mol. The number of fused-ring (bicyclic) bond motifs is 8. The van der Waals surface area contributed by atoms with Crippen LogP contribution in [0.5, 0.6) is 0 Å². The zero-order valence-corrected chi connectivity index (χ0v) is 52.8. The Labute approximate surface area is 517 Å². The van der Waals surface area contributed by atoms with Crippen LogP contribution in [-0.2, 0) is 95.7 Å². The SMILES string of the molecule is CC[C@H]1O[C@@H](n2cc(C)c(N)nc2=O)CC1OP(O)(=S)OC[C@]12O[C@@H](n3cnc4c(N)ncnc43)[C@@H](O[C@H]1C)C2OP(O)(=S)OC[C@]12O[C@@H](n3cnc4c(=O)[nH]c(N)nc43)[C@@H](O[C@H]1C)C2OP(O)(=S)OC[C@]12O[C@@H](n3cc(C)c(N)nc3=O)[C@@H](O[C@H]1C)C2O. The summed E-state index contributed by atoms with van der Waals surface area (Å²) in [6.07, 6.45) is -9.64. The number of ether oxygens (including phenoxy) is 7. The Morgan fingerprint density at radius 1 is 0.629 bits per heavy atom. The van der Waals surface area contributed by atoms with E-state index in [-0.39, 0.29) is 52.2 Å². The topological polar surface area (TPSA) is 482 Å². The molecule has 0 aromatic carbocycles. The van der Waals surface area contributed by atoms with Crippen molar-refractivity contribution in [1.82, 2.24) is 58.1 Å². The number of nitrogens with zero attached hydrogens (tertiary/aromatic N) is 11. The fraction of sp³-hybridized carbons (Fsp3) is 0.617. The molecule has 0 radical (unpaired) electrons. The predicted molar refractivity (Wildman–Crippen MR) is 316 cm³/mol. The molecule has 6 aromatic rings. The van der Waals surface area contributed by atoms with Crippen molar-refractivity contribution in [2.75, 3.05) is 42.8 Å². The van der Waals surface area contributed by atoms with Crippen LogP contribution in [-0.4, -0.2) is 182 Å². The lowest BCUT2D eigenvalue weighted by Crippen LogP contribution is -2.52. The molecule has 0 amide bonds. The number of aromatic nitrogens is 12. The van der Waals surface area contributed by atoms with Crippen molar-refractivity contribution in [3.05, 3.63) is 73.8 Å². The van der Waals surface area contributed by atoms with Gasteiger partial charge in [-0.25, -0.2) is 29.5 Å². The summed E-state index contributed by atoms with van der Waals surface area (Å²) in [7, 11) is 0. The number of nitrogens with two attached hydrogens (primary N) is 4. The van der Waals surface area contributed by atoms with Crippen LogP contribution in [0.4, 0.5) is 23.4 Å². The highest BCUT2D eigenvalue weighted by molar-refractivity contribution is 8.07. The van der Waals surface area contributed by atoms with Crippen LogP contribution in [0, 0.1) is 13.8 Å². The number of H-pyrrole nitrogens is 1. The van der Waals surface area contributed by atoms with E-state index in [0.29, 0.717) is 17.5 Å². The summed E-state index contributed by atoms with van der Waals surface area (Å²) < 4.78 is 88.2. The van der Waals surface area contributed by atoms with Gasteiger partial charge in [-0.15, -0.1) is 0 Å². The number of nitrogens with one attached hydrogen (secondary N) is 1. The van der Waals surface area contributed by atoms with E-state index < -0.39 is 166 Å². The molecule has 42 heteroatoms. The molecule has 13 rings (SSSR count). The van der Waals surface area contributed by atoms with E-state index in [0.717, 1.165) is 4.57 Å². The number of hydrogen-bond donors (Lipinski definition) is 9. The standard InChI is InChI=1S/C47H61N16O20P3S3/c1-7-22-23(8-24(77-22)60-9-17(2)33(48)56-43(60)66)81-84(68,87)72-12-46-20(5)75-28(40(79-46)62-15-54-25-35(50)52-14-53-36(25)62)31(46)83-86(70,89)73-13-47-21(6)76-29(41(80-47)63-16-55-26-37(63)58-42(51)59-38(26)65)32(47)82-85(69,88)71-11-45-19(4)74-27(30(45)64)39(78-45)61-10-18(3)34(49)57-44(61)67/h9-10,14-16,19-24,27-32,39-41,64H,7-8,11-13H2,1-6H3,(H,68,87)(H,69,88)(H,70,89)(H2,48,56,66)(H2,49,57,67)(H2,50,52,53)(H3,51,58,59,65)/t19-,20-,21-,22+,23?,24+,27-,28-,29-,30?,31?,32?,39+,40+,41+,45-,46-,47-,84?,85?,86?/m0/s1. The summed E-state index contributed by atoms with van der Waals surface area (Å²) in [5, 5.41) is 11.7. The van der Waals surface area contributed by atoms with Crippen LogP contribution in [0.15, 0.2) is 45.8 Å². The Balaban J connectivity index is 0.782. The third kappa shape index (κ3) is 10.5. The van der Waals surface area contributed by atoms with Crippen LogP contribution in [0.2, 0.25) is 0 Å². The molecule has 7 fully saturated rings. The molecule has 0 aliphatic carbocycles. The molecule has 6 aromatic heterocycles. The molecule has 36 nitrogen and oxygen atoms in total.